The second kappa shape index (κ2) is 5.83. The number of hydrogen-bond acceptors (Lipinski definition) is 4. The number of carbonyl (C=O) groups is 2. The molecule has 1 unspecified atom stereocenters. The third-order valence-corrected chi connectivity index (χ3v) is 3.69. The fourth-order valence-electron chi connectivity index (χ4n) is 2.43. The van der Waals surface area contributed by atoms with Crippen molar-refractivity contribution in [1.82, 2.24) is 20.1 Å². The quantitative estimate of drug-likeness (QED) is 0.862. The highest BCUT2D eigenvalue weighted by atomic mass is 16.4. The lowest BCUT2D eigenvalue weighted by Crippen LogP contribution is -2.45. The number of aromatic nitrogens is 3. The molecule has 7 heteroatoms. The van der Waals surface area contributed by atoms with Gasteiger partial charge < -0.3 is 10.0 Å². The fraction of sp³-hybridized carbons (Fsp3) is 0.714. The summed E-state index contributed by atoms with van der Waals surface area (Å²) >= 11 is 0. The molecule has 0 radical (unpaired) electrons. The van der Waals surface area contributed by atoms with Crippen molar-refractivity contribution in [2.24, 2.45) is 0 Å². The highest BCUT2D eigenvalue weighted by Crippen LogP contribution is 2.21. The number of aromatic amines is 1. The summed E-state index contributed by atoms with van der Waals surface area (Å²) in [4.78, 5) is 29.5. The number of likely N-dealkylation sites (tertiary alicyclic amines) is 1. The van der Waals surface area contributed by atoms with E-state index in [1.807, 2.05) is 20.8 Å². The molecule has 0 spiro atoms. The average Bonchev–Trinajstić information content (AvgIpc) is 2.76. The minimum absolute atomic E-state index is 0.0491. The molecule has 0 aliphatic carbocycles. The molecule has 1 aromatic rings. The first-order chi connectivity index (χ1) is 9.80. The smallest absolute Gasteiger partial charge is 0.326 e. The maximum atomic E-state index is 12.5. The Morgan fingerprint density at radius 1 is 1.29 bits per heavy atom. The van der Waals surface area contributed by atoms with Gasteiger partial charge in [0.2, 0.25) is 5.82 Å². The third kappa shape index (κ3) is 3.40. The summed E-state index contributed by atoms with van der Waals surface area (Å²) in [5.74, 6) is -0.700. The molecule has 1 fully saturated rings. The van der Waals surface area contributed by atoms with Crippen molar-refractivity contribution in [3.8, 4) is 0 Å². The van der Waals surface area contributed by atoms with Crippen LogP contribution in [0.4, 0.5) is 0 Å². The lowest BCUT2D eigenvalue weighted by Gasteiger charge is -2.25. The van der Waals surface area contributed by atoms with E-state index in [4.69, 9.17) is 0 Å². The molecule has 1 aliphatic heterocycles. The van der Waals surface area contributed by atoms with E-state index in [0.29, 0.717) is 18.8 Å². The molecule has 0 aromatic carbocycles. The van der Waals surface area contributed by atoms with Gasteiger partial charge in [0.05, 0.1) is 0 Å². The number of hydrogen-bond donors (Lipinski definition) is 2. The highest BCUT2D eigenvalue weighted by molar-refractivity contribution is 5.93. The van der Waals surface area contributed by atoms with Gasteiger partial charge in [0.1, 0.15) is 11.9 Å². The van der Waals surface area contributed by atoms with Crippen LogP contribution >= 0.6 is 0 Å². The minimum atomic E-state index is -0.961. The van der Waals surface area contributed by atoms with E-state index in [0.717, 1.165) is 19.3 Å². The fourth-order valence-corrected chi connectivity index (χ4v) is 2.43. The van der Waals surface area contributed by atoms with Gasteiger partial charge in [-0.15, -0.1) is 5.10 Å². The molecule has 0 saturated carbocycles. The monoisotopic (exact) mass is 294 g/mol. The molecule has 1 aromatic heterocycles. The maximum absolute atomic E-state index is 12.5. The molecule has 1 amide bonds. The first-order valence-corrected chi connectivity index (χ1v) is 7.27. The van der Waals surface area contributed by atoms with Crippen molar-refractivity contribution in [3.05, 3.63) is 11.6 Å². The van der Waals surface area contributed by atoms with Crippen LogP contribution in [0.3, 0.4) is 0 Å². The Morgan fingerprint density at radius 2 is 2.00 bits per heavy atom. The average molecular weight is 294 g/mol. The number of rotatable bonds is 2. The number of carboxylic acid groups (broad SMARTS) is 1. The Bertz CT molecular complexity index is 533. The molecule has 1 atom stereocenters. The predicted octanol–water partition coefficient (Wildman–Crippen LogP) is 1.57. The van der Waals surface area contributed by atoms with Gasteiger partial charge in [0, 0.05) is 12.0 Å². The van der Waals surface area contributed by atoms with E-state index in [-0.39, 0.29) is 11.2 Å². The normalized spacial score (nSPS) is 20.1. The zero-order valence-electron chi connectivity index (χ0n) is 12.7. The van der Waals surface area contributed by atoms with Crippen LogP contribution in [0, 0.1) is 0 Å². The van der Waals surface area contributed by atoms with Crippen molar-refractivity contribution in [2.45, 2.75) is 57.9 Å². The Balaban J connectivity index is 2.24. The van der Waals surface area contributed by atoms with Gasteiger partial charge in [-0.3, -0.25) is 9.89 Å². The third-order valence-electron chi connectivity index (χ3n) is 3.69. The van der Waals surface area contributed by atoms with E-state index in [9.17, 15) is 14.7 Å². The molecule has 2 heterocycles. The summed E-state index contributed by atoms with van der Waals surface area (Å²) < 4.78 is 0. The zero-order valence-corrected chi connectivity index (χ0v) is 12.7. The molecule has 2 rings (SSSR count). The van der Waals surface area contributed by atoms with E-state index in [1.165, 1.54) is 4.90 Å². The van der Waals surface area contributed by atoms with Crippen LogP contribution in [0.15, 0.2) is 0 Å². The zero-order chi connectivity index (χ0) is 15.6. The van der Waals surface area contributed by atoms with Gasteiger partial charge in [0.15, 0.2) is 0 Å². The molecule has 2 N–H and O–H groups in total. The van der Waals surface area contributed by atoms with Gasteiger partial charge in [-0.1, -0.05) is 33.6 Å². The van der Waals surface area contributed by atoms with Crippen molar-refractivity contribution in [3.63, 3.8) is 0 Å². The van der Waals surface area contributed by atoms with Gasteiger partial charge in [-0.05, 0) is 12.8 Å². The van der Waals surface area contributed by atoms with Crippen LogP contribution in [0.5, 0.6) is 0 Å². The van der Waals surface area contributed by atoms with E-state index in [2.05, 4.69) is 15.2 Å². The van der Waals surface area contributed by atoms with Crippen LogP contribution in [0.1, 0.15) is 62.9 Å². The van der Waals surface area contributed by atoms with Crippen LogP contribution in [0.2, 0.25) is 0 Å². The van der Waals surface area contributed by atoms with E-state index < -0.39 is 17.9 Å². The van der Waals surface area contributed by atoms with Crippen molar-refractivity contribution in [1.29, 1.82) is 0 Å². The summed E-state index contributed by atoms with van der Waals surface area (Å²) in [6, 6.07) is -0.781. The topological polar surface area (TPSA) is 99.2 Å². The molecular weight excluding hydrogens is 272 g/mol. The Labute approximate surface area is 123 Å². The van der Waals surface area contributed by atoms with Gasteiger partial charge in [0.25, 0.3) is 5.91 Å². The molecule has 0 bridgehead atoms. The largest absolute Gasteiger partial charge is 0.480 e. The number of aliphatic carboxylic acids is 1. The number of carboxylic acids is 1. The molecule has 21 heavy (non-hydrogen) atoms. The van der Waals surface area contributed by atoms with Crippen LogP contribution in [-0.4, -0.2) is 49.7 Å². The van der Waals surface area contributed by atoms with Gasteiger partial charge in [-0.2, -0.15) is 0 Å². The van der Waals surface area contributed by atoms with Gasteiger partial charge >= 0.3 is 5.97 Å². The second-order valence-corrected chi connectivity index (χ2v) is 6.46. The SMILES string of the molecule is CC(C)(C)c1nc(C(=O)N2CCCCCC2C(=O)O)n[nH]1. The first-order valence-electron chi connectivity index (χ1n) is 7.27. The number of carbonyl (C=O) groups excluding carboxylic acids is 1. The summed E-state index contributed by atoms with van der Waals surface area (Å²) in [6.45, 7) is 6.34. The molecule has 1 saturated heterocycles. The molecule has 116 valence electrons. The second-order valence-electron chi connectivity index (χ2n) is 6.46. The lowest BCUT2D eigenvalue weighted by atomic mass is 9.96. The molecular formula is C14H22N4O3. The number of nitrogens with zero attached hydrogens (tertiary/aromatic N) is 3. The van der Waals surface area contributed by atoms with E-state index in [1.54, 1.807) is 0 Å². The molecule has 1 aliphatic rings. The van der Waals surface area contributed by atoms with Crippen molar-refractivity contribution in [2.75, 3.05) is 6.54 Å². The van der Waals surface area contributed by atoms with E-state index >= 15 is 0 Å². The standard InChI is InChI=1S/C14H22N4O3/c1-14(2,3)13-15-10(16-17-13)11(19)18-8-6-4-5-7-9(18)12(20)21/h9H,4-8H2,1-3H3,(H,20,21)(H,15,16,17). The maximum Gasteiger partial charge on any atom is 0.326 e. The highest BCUT2D eigenvalue weighted by Gasteiger charge is 2.33. The van der Waals surface area contributed by atoms with Crippen LogP contribution < -0.4 is 0 Å². The van der Waals surface area contributed by atoms with Gasteiger partial charge in [-0.25, -0.2) is 9.78 Å². The summed E-state index contributed by atoms with van der Waals surface area (Å²) in [6.07, 6.45) is 3.06. The lowest BCUT2D eigenvalue weighted by molar-refractivity contribution is -0.142. The predicted molar refractivity (Wildman–Crippen MR) is 76.0 cm³/mol. The Hall–Kier alpha value is -1.92. The van der Waals surface area contributed by atoms with Crippen molar-refractivity contribution >= 4 is 11.9 Å². The number of amides is 1. The summed E-state index contributed by atoms with van der Waals surface area (Å²) in [7, 11) is 0. The summed E-state index contributed by atoms with van der Waals surface area (Å²) in [5.41, 5.74) is -0.240. The minimum Gasteiger partial charge on any atom is -0.480 e. The van der Waals surface area contributed by atoms with Crippen molar-refractivity contribution < 1.29 is 14.7 Å². The molecule has 7 nitrogen and oxygen atoms in total. The number of H-pyrrole nitrogens is 1. The number of nitrogens with one attached hydrogen (secondary N) is 1. The Morgan fingerprint density at radius 3 is 2.57 bits per heavy atom. The Kier molecular flexibility index (Phi) is 4.29. The first kappa shape index (κ1) is 15.5. The van der Waals surface area contributed by atoms with Crippen LogP contribution in [0.25, 0.3) is 0 Å². The van der Waals surface area contributed by atoms with Crippen LogP contribution in [-0.2, 0) is 10.2 Å². The summed E-state index contributed by atoms with van der Waals surface area (Å²) in [5, 5.41) is 16.1.